The molecule has 0 N–H and O–H groups in total. The maximum atomic E-state index is 13.7. The number of thioether (sulfide) groups is 1. The second-order valence-electron chi connectivity index (χ2n) is 8.29. The van der Waals surface area contributed by atoms with Gasteiger partial charge in [-0.2, -0.15) is 0 Å². The number of rotatable bonds is 6. The Morgan fingerprint density at radius 2 is 1.86 bits per heavy atom. The van der Waals surface area contributed by atoms with Crippen molar-refractivity contribution in [2.24, 2.45) is 0 Å². The number of methoxy groups -OCH3 is 1. The molecular formula is C27H24FN3O4S. The number of amides is 1. The highest BCUT2D eigenvalue weighted by Gasteiger charge is 2.20. The van der Waals surface area contributed by atoms with E-state index in [-0.39, 0.29) is 17.3 Å². The number of carbonyl (C=O) groups is 1. The Kier molecular flexibility index (Phi) is 7.02. The van der Waals surface area contributed by atoms with Crippen LogP contribution in [0.4, 0.5) is 4.39 Å². The zero-order valence-corrected chi connectivity index (χ0v) is 20.5. The summed E-state index contributed by atoms with van der Waals surface area (Å²) in [6.07, 6.45) is 0. The molecule has 36 heavy (non-hydrogen) atoms. The van der Waals surface area contributed by atoms with Crippen molar-refractivity contribution in [2.75, 3.05) is 33.4 Å². The summed E-state index contributed by atoms with van der Waals surface area (Å²) in [6.45, 7) is 2.06. The zero-order chi connectivity index (χ0) is 25.1. The summed E-state index contributed by atoms with van der Waals surface area (Å²) >= 11 is 1.33. The summed E-state index contributed by atoms with van der Waals surface area (Å²) < 4.78 is 25.8. The van der Waals surface area contributed by atoms with Crippen LogP contribution in [-0.2, 0) is 10.5 Å². The third-order valence-electron chi connectivity index (χ3n) is 5.97. The molecule has 1 aromatic heterocycles. The van der Waals surface area contributed by atoms with Gasteiger partial charge in [0.15, 0.2) is 5.16 Å². The predicted molar refractivity (Wildman–Crippen MR) is 137 cm³/mol. The summed E-state index contributed by atoms with van der Waals surface area (Å²) in [5, 5.41) is 0.845. The smallest absolute Gasteiger partial charge is 0.266 e. The highest BCUT2D eigenvalue weighted by atomic mass is 32.2. The van der Waals surface area contributed by atoms with Gasteiger partial charge in [-0.3, -0.25) is 14.2 Å². The molecule has 2 heterocycles. The summed E-state index contributed by atoms with van der Waals surface area (Å²) in [5.41, 5.74) is 2.06. The molecule has 0 unspecified atom stereocenters. The zero-order valence-electron chi connectivity index (χ0n) is 19.6. The number of morpholine rings is 1. The second-order valence-corrected chi connectivity index (χ2v) is 9.23. The average Bonchev–Trinajstić information content (AvgIpc) is 2.92. The lowest BCUT2D eigenvalue weighted by Gasteiger charge is -2.26. The Balaban J connectivity index is 1.58. The Labute approximate surface area is 211 Å². The first-order chi connectivity index (χ1) is 17.5. The molecule has 1 aliphatic heterocycles. The van der Waals surface area contributed by atoms with Crippen LogP contribution in [-0.4, -0.2) is 53.8 Å². The van der Waals surface area contributed by atoms with E-state index in [4.69, 9.17) is 14.5 Å². The lowest BCUT2D eigenvalue weighted by Crippen LogP contribution is -2.40. The Bertz CT molecular complexity index is 1470. The highest BCUT2D eigenvalue weighted by Crippen LogP contribution is 2.26. The van der Waals surface area contributed by atoms with Gasteiger partial charge in [0.25, 0.3) is 11.5 Å². The minimum atomic E-state index is -0.321. The third-order valence-corrected chi connectivity index (χ3v) is 6.98. The van der Waals surface area contributed by atoms with Crippen molar-refractivity contribution in [1.82, 2.24) is 14.5 Å². The molecule has 4 aromatic rings. The van der Waals surface area contributed by atoms with E-state index < -0.39 is 0 Å². The van der Waals surface area contributed by atoms with Crippen LogP contribution >= 0.6 is 11.8 Å². The molecule has 1 aliphatic rings. The Morgan fingerprint density at radius 3 is 2.58 bits per heavy atom. The maximum Gasteiger partial charge on any atom is 0.266 e. The van der Waals surface area contributed by atoms with E-state index in [2.05, 4.69) is 0 Å². The average molecular weight is 506 g/mol. The molecule has 5 rings (SSSR count). The van der Waals surface area contributed by atoms with Gasteiger partial charge in [0.2, 0.25) is 0 Å². The summed E-state index contributed by atoms with van der Waals surface area (Å²) in [4.78, 5) is 33.2. The number of carbonyl (C=O) groups excluding carboxylic acids is 1. The number of nitrogens with zero attached hydrogens (tertiary/aromatic N) is 3. The molecule has 3 aromatic carbocycles. The van der Waals surface area contributed by atoms with Crippen molar-refractivity contribution >= 4 is 28.6 Å². The first-order valence-corrected chi connectivity index (χ1v) is 12.5. The van der Waals surface area contributed by atoms with Gasteiger partial charge in [-0.05, 0) is 60.2 Å². The number of hydrogen-bond acceptors (Lipinski definition) is 6. The summed E-state index contributed by atoms with van der Waals surface area (Å²) in [7, 11) is 1.58. The van der Waals surface area contributed by atoms with Crippen molar-refractivity contribution < 1.29 is 18.7 Å². The molecule has 0 saturated carbocycles. The molecule has 184 valence electrons. The SMILES string of the molecule is COc1ccc(-n2c(SCc3cccc(F)c3)nc3cc(C(=O)N4CCOCC4)ccc3c2=O)cc1. The van der Waals surface area contributed by atoms with Crippen LogP contribution in [0.1, 0.15) is 15.9 Å². The molecule has 9 heteroatoms. The molecule has 0 atom stereocenters. The van der Waals surface area contributed by atoms with E-state index in [0.29, 0.717) is 65.1 Å². The molecule has 1 saturated heterocycles. The van der Waals surface area contributed by atoms with Gasteiger partial charge >= 0.3 is 0 Å². The van der Waals surface area contributed by atoms with Crippen LogP contribution < -0.4 is 10.3 Å². The summed E-state index contributed by atoms with van der Waals surface area (Å²) in [6, 6.07) is 18.4. The topological polar surface area (TPSA) is 73.7 Å². The fourth-order valence-corrected chi connectivity index (χ4v) is 5.03. The van der Waals surface area contributed by atoms with Crippen LogP contribution in [0.25, 0.3) is 16.6 Å². The van der Waals surface area contributed by atoms with Gasteiger partial charge in [0.05, 0.1) is 36.9 Å². The highest BCUT2D eigenvalue weighted by molar-refractivity contribution is 7.98. The number of aromatic nitrogens is 2. The number of halogens is 1. The van der Waals surface area contributed by atoms with Gasteiger partial charge in [0, 0.05) is 24.4 Å². The van der Waals surface area contributed by atoms with E-state index in [1.165, 1.54) is 28.5 Å². The maximum absolute atomic E-state index is 13.7. The fourth-order valence-electron chi connectivity index (χ4n) is 4.08. The molecule has 1 fully saturated rings. The first kappa shape index (κ1) is 24.0. The van der Waals surface area contributed by atoms with Crippen molar-refractivity contribution in [1.29, 1.82) is 0 Å². The minimum absolute atomic E-state index is 0.115. The number of fused-ring (bicyclic) bond motifs is 1. The van der Waals surface area contributed by atoms with Crippen molar-refractivity contribution in [3.63, 3.8) is 0 Å². The van der Waals surface area contributed by atoms with Gasteiger partial charge in [0.1, 0.15) is 11.6 Å². The molecule has 7 nitrogen and oxygen atoms in total. The first-order valence-electron chi connectivity index (χ1n) is 11.5. The number of hydrogen-bond donors (Lipinski definition) is 0. The molecule has 1 amide bonds. The lowest BCUT2D eigenvalue weighted by molar-refractivity contribution is 0.0303. The molecule has 0 spiro atoms. The molecular weight excluding hydrogens is 481 g/mol. The lowest BCUT2D eigenvalue weighted by atomic mass is 10.1. The van der Waals surface area contributed by atoms with Crippen LogP contribution in [0.5, 0.6) is 5.75 Å². The summed E-state index contributed by atoms with van der Waals surface area (Å²) in [5.74, 6) is 0.646. The normalized spacial score (nSPS) is 13.7. The predicted octanol–water partition coefficient (Wildman–Crippen LogP) is 4.30. The quantitative estimate of drug-likeness (QED) is 0.287. The Hall–Kier alpha value is -3.69. The standard InChI is InChI=1S/C27H24FN3O4S/c1-34-22-8-6-21(7-9-22)31-26(33)23-10-5-19(25(32)30-11-13-35-14-12-30)16-24(23)29-27(31)36-17-18-3-2-4-20(28)15-18/h2-10,15-16H,11-14,17H2,1H3. The molecule has 0 aliphatic carbocycles. The number of ether oxygens (including phenoxy) is 2. The van der Waals surface area contributed by atoms with Gasteiger partial charge in [-0.25, -0.2) is 9.37 Å². The van der Waals surface area contributed by atoms with Crippen LogP contribution in [0.2, 0.25) is 0 Å². The fraction of sp³-hybridized carbons (Fsp3) is 0.222. The monoisotopic (exact) mass is 505 g/mol. The second kappa shape index (κ2) is 10.5. The van der Waals surface area contributed by atoms with Crippen LogP contribution in [0.3, 0.4) is 0 Å². The minimum Gasteiger partial charge on any atom is -0.497 e. The van der Waals surface area contributed by atoms with Crippen molar-refractivity contribution in [3.8, 4) is 11.4 Å². The van der Waals surface area contributed by atoms with Crippen LogP contribution in [0.15, 0.2) is 76.7 Å². The molecule has 0 bridgehead atoms. The third kappa shape index (κ3) is 4.98. The Morgan fingerprint density at radius 1 is 1.08 bits per heavy atom. The van der Waals surface area contributed by atoms with Crippen molar-refractivity contribution in [3.05, 3.63) is 94.0 Å². The van der Waals surface area contributed by atoms with E-state index in [0.717, 1.165) is 5.56 Å². The van der Waals surface area contributed by atoms with Gasteiger partial charge in [-0.15, -0.1) is 0 Å². The number of benzene rings is 3. The van der Waals surface area contributed by atoms with E-state index in [9.17, 15) is 14.0 Å². The molecule has 0 radical (unpaired) electrons. The van der Waals surface area contributed by atoms with E-state index in [1.807, 2.05) is 6.07 Å². The van der Waals surface area contributed by atoms with Crippen LogP contribution in [0, 0.1) is 5.82 Å². The van der Waals surface area contributed by atoms with Gasteiger partial charge in [-0.1, -0.05) is 23.9 Å². The van der Waals surface area contributed by atoms with E-state index >= 15 is 0 Å². The van der Waals surface area contributed by atoms with E-state index in [1.54, 1.807) is 60.5 Å². The largest absolute Gasteiger partial charge is 0.497 e. The van der Waals surface area contributed by atoms with Gasteiger partial charge < -0.3 is 14.4 Å². The van der Waals surface area contributed by atoms with Crippen molar-refractivity contribution in [2.45, 2.75) is 10.9 Å².